The first kappa shape index (κ1) is 16.3. The lowest BCUT2D eigenvalue weighted by Gasteiger charge is -2.31. The number of ether oxygens (including phenoxy) is 1. The van der Waals surface area contributed by atoms with E-state index in [9.17, 15) is 4.79 Å². The average Bonchev–Trinajstić information content (AvgIpc) is 2.99. The highest BCUT2D eigenvalue weighted by atomic mass is 16.5. The predicted molar refractivity (Wildman–Crippen MR) is 83.7 cm³/mol. The van der Waals surface area contributed by atoms with Crippen molar-refractivity contribution in [2.75, 3.05) is 39.3 Å². The van der Waals surface area contributed by atoms with Crippen molar-refractivity contribution in [3.05, 3.63) is 6.33 Å². The van der Waals surface area contributed by atoms with Crippen molar-refractivity contribution >= 4 is 5.91 Å². The summed E-state index contributed by atoms with van der Waals surface area (Å²) in [5.74, 6) is 0.162. The number of tetrazole rings is 1. The van der Waals surface area contributed by atoms with Gasteiger partial charge in [-0.25, -0.2) is 4.68 Å². The van der Waals surface area contributed by atoms with E-state index >= 15 is 0 Å². The van der Waals surface area contributed by atoms with Crippen LogP contribution in [0, 0.1) is 0 Å². The largest absolute Gasteiger partial charge is 0.375 e. The van der Waals surface area contributed by atoms with E-state index in [1.807, 2.05) is 4.90 Å². The van der Waals surface area contributed by atoms with Gasteiger partial charge in [0.2, 0.25) is 5.91 Å². The Morgan fingerprint density at radius 3 is 2.83 bits per heavy atom. The molecule has 3 heterocycles. The van der Waals surface area contributed by atoms with Crippen molar-refractivity contribution in [2.45, 2.75) is 44.8 Å². The van der Waals surface area contributed by atoms with Gasteiger partial charge in [-0.3, -0.25) is 4.79 Å². The summed E-state index contributed by atoms with van der Waals surface area (Å²) in [6.45, 7) is 6.02. The zero-order valence-electron chi connectivity index (χ0n) is 13.6. The maximum Gasteiger partial charge on any atom is 0.224 e. The van der Waals surface area contributed by atoms with Crippen LogP contribution in [0.5, 0.6) is 0 Å². The third-order valence-electron chi connectivity index (χ3n) is 4.56. The van der Waals surface area contributed by atoms with Gasteiger partial charge in [-0.2, -0.15) is 0 Å². The van der Waals surface area contributed by atoms with Crippen molar-refractivity contribution < 1.29 is 9.53 Å². The molecule has 8 nitrogen and oxygen atoms in total. The highest BCUT2D eigenvalue weighted by Crippen LogP contribution is 2.13. The van der Waals surface area contributed by atoms with E-state index in [0.29, 0.717) is 19.5 Å². The van der Waals surface area contributed by atoms with E-state index in [0.717, 1.165) is 39.2 Å². The fraction of sp³-hybridized carbons (Fsp3) is 0.867. The van der Waals surface area contributed by atoms with Crippen molar-refractivity contribution in [3.63, 3.8) is 0 Å². The molecule has 0 aliphatic carbocycles. The number of carbonyl (C=O) groups is 1. The molecular weight excluding hydrogens is 296 g/mol. The first-order valence-electron chi connectivity index (χ1n) is 8.64. The summed E-state index contributed by atoms with van der Waals surface area (Å²) >= 11 is 0. The summed E-state index contributed by atoms with van der Waals surface area (Å²) in [5, 5.41) is 11.0. The molecule has 3 rings (SSSR count). The Morgan fingerprint density at radius 2 is 2.04 bits per heavy atom. The lowest BCUT2D eigenvalue weighted by atomic mass is 10.1. The molecule has 0 saturated carbocycles. The summed E-state index contributed by atoms with van der Waals surface area (Å²) < 4.78 is 7.56. The Hall–Kier alpha value is -1.54. The van der Waals surface area contributed by atoms with E-state index in [1.54, 1.807) is 4.68 Å². The van der Waals surface area contributed by atoms with Crippen molar-refractivity contribution in [2.24, 2.45) is 0 Å². The Kier molecular flexibility index (Phi) is 5.93. The van der Waals surface area contributed by atoms with Crippen LogP contribution in [0.1, 0.15) is 32.1 Å². The minimum absolute atomic E-state index is 0.132. The van der Waals surface area contributed by atoms with Gasteiger partial charge in [0.15, 0.2) is 0 Å². The zero-order valence-corrected chi connectivity index (χ0v) is 13.6. The smallest absolute Gasteiger partial charge is 0.224 e. The van der Waals surface area contributed by atoms with E-state index < -0.39 is 0 Å². The number of hydrogen-bond acceptors (Lipinski definition) is 6. The number of rotatable bonds is 5. The molecule has 128 valence electrons. The van der Waals surface area contributed by atoms with E-state index in [1.165, 1.54) is 25.6 Å². The van der Waals surface area contributed by atoms with E-state index in [4.69, 9.17) is 4.74 Å². The molecule has 8 heteroatoms. The van der Waals surface area contributed by atoms with Crippen LogP contribution in [0.25, 0.3) is 0 Å². The Bertz CT molecular complexity index is 474. The second-order valence-corrected chi connectivity index (χ2v) is 6.37. The van der Waals surface area contributed by atoms with Crippen LogP contribution >= 0.6 is 0 Å². The summed E-state index contributed by atoms with van der Waals surface area (Å²) in [7, 11) is 0. The summed E-state index contributed by atoms with van der Waals surface area (Å²) in [6.07, 6.45) is 6.91. The SMILES string of the molecule is O=C(CCn1cnnn1)N1CCCO[C@H](CN2CCCCC2)C1. The highest BCUT2D eigenvalue weighted by Gasteiger charge is 2.24. The van der Waals surface area contributed by atoms with Crippen LogP contribution in [0.3, 0.4) is 0 Å². The summed E-state index contributed by atoms with van der Waals surface area (Å²) in [4.78, 5) is 16.9. The molecule has 2 aliphatic heterocycles. The number of amides is 1. The minimum atomic E-state index is 0.132. The molecule has 0 unspecified atom stereocenters. The van der Waals surface area contributed by atoms with Gasteiger partial charge in [0.25, 0.3) is 0 Å². The van der Waals surface area contributed by atoms with Gasteiger partial charge >= 0.3 is 0 Å². The molecule has 0 radical (unpaired) electrons. The fourth-order valence-corrected chi connectivity index (χ4v) is 3.31. The summed E-state index contributed by atoms with van der Waals surface area (Å²) in [5.41, 5.74) is 0. The molecule has 1 atom stereocenters. The number of nitrogens with zero attached hydrogens (tertiary/aromatic N) is 6. The minimum Gasteiger partial charge on any atom is -0.375 e. The lowest BCUT2D eigenvalue weighted by Crippen LogP contribution is -2.44. The fourth-order valence-electron chi connectivity index (χ4n) is 3.31. The third kappa shape index (κ3) is 4.97. The number of likely N-dealkylation sites (tertiary alicyclic amines) is 1. The molecule has 1 aromatic heterocycles. The third-order valence-corrected chi connectivity index (χ3v) is 4.56. The van der Waals surface area contributed by atoms with Crippen LogP contribution in [0.15, 0.2) is 6.33 Å². The normalized spacial score (nSPS) is 23.7. The number of hydrogen-bond donors (Lipinski definition) is 0. The molecule has 0 bridgehead atoms. The molecule has 23 heavy (non-hydrogen) atoms. The first-order valence-corrected chi connectivity index (χ1v) is 8.64. The first-order chi connectivity index (χ1) is 11.3. The molecule has 2 saturated heterocycles. The van der Waals surface area contributed by atoms with Crippen LogP contribution in [0.2, 0.25) is 0 Å². The van der Waals surface area contributed by atoms with Gasteiger partial charge in [-0.15, -0.1) is 5.10 Å². The number of aryl methyl sites for hydroxylation is 1. The second-order valence-electron chi connectivity index (χ2n) is 6.37. The Balaban J connectivity index is 1.48. The van der Waals surface area contributed by atoms with Crippen LogP contribution in [-0.4, -0.2) is 81.3 Å². The van der Waals surface area contributed by atoms with Gasteiger partial charge < -0.3 is 14.5 Å². The predicted octanol–water partition coefficient (Wildman–Crippen LogP) is 0.167. The molecular formula is C15H26N6O2. The molecule has 0 N–H and O–H groups in total. The van der Waals surface area contributed by atoms with Gasteiger partial charge in [0.1, 0.15) is 6.33 Å². The van der Waals surface area contributed by atoms with E-state index in [-0.39, 0.29) is 12.0 Å². The zero-order chi connectivity index (χ0) is 15.9. The number of aromatic nitrogens is 4. The number of piperidine rings is 1. The number of carbonyl (C=O) groups excluding carboxylic acids is 1. The molecule has 0 aromatic carbocycles. The second kappa shape index (κ2) is 8.35. The molecule has 1 amide bonds. The van der Waals surface area contributed by atoms with Crippen molar-refractivity contribution in [3.8, 4) is 0 Å². The summed E-state index contributed by atoms with van der Waals surface area (Å²) in [6, 6.07) is 0. The Morgan fingerprint density at radius 1 is 1.17 bits per heavy atom. The van der Waals surface area contributed by atoms with Gasteiger partial charge in [-0.1, -0.05) is 6.42 Å². The van der Waals surface area contributed by atoms with E-state index in [2.05, 4.69) is 20.4 Å². The quantitative estimate of drug-likeness (QED) is 0.769. The van der Waals surface area contributed by atoms with Crippen LogP contribution in [0.4, 0.5) is 0 Å². The molecule has 0 spiro atoms. The van der Waals surface area contributed by atoms with Gasteiger partial charge in [0, 0.05) is 32.7 Å². The van der Waals surface area contributed by atoms with Gasteiger partial charge in [0.05, 0.1) is 12.6 Å². The molecule has 1 aromatic rings. The molecule has 2 aliphatic rings. The lowest BCUT2D eigenvalue weighted by molar-refractivity contribution is -0.132. The Labute approximate surface area is 136 Å². The van der Waals surface area contributed by atoms with Gasteiger partial charge in [-0.05, 0) is 42.8 Å². The average molecular weight is 322 g/mol. The van der Waals surface area contributed by atoms with Crippen molar-refractivity contribution in [1.29, 1.82) is 0 Å². The highest BCUT2D eigenvalue weighted by molar-refractivity contribution is 5.76. The topological polar surface area (TPSA) is 76.4 Å². The van der Waals surface area contributed by atoms with Crippen LogP contribution in [-0.2, 0) is 16.1 Å². The maximum absolute atomic E-state index is 12.5. The monoisotopic (exact) mass is 322 g/mol. The maximum atomic E-state index is 12.5. The van der Waals surface area contributed by atoms with Crippen LogP contribution < -0.4 is 0 Å². The molecule has 2 fully saturated rings. The standard InChI is InChI=1S/C15H26N6O2/c22-15(5-9-21-13-16-17-18-21)20-8-4-10-23-14(12-20)11-19-6-2-1-3-7-19/h13-14H,1-12H2/t14-/m1/s1. The van der Waals surface area contributed by atoms with Crippen molar-refractivity contribution in [1.82, 2.24) is 30.0 Å².